The van der Waals surface area contributed by atoms with E-state index in [0.717, 1.165) is 6.07 Å². The number of carbonyl (C=O) groups excluding carboxylic acids is 2. The maximum Gasteiger partial charge on any atom is 0.338 e. The summed E-state index contributed by atoms with van der Waals surface area (Å²) in [5, 5.41) is 13.9. The van der Waals surface area contributed by atoms with Gasteiger partial charge in [-0.15, -0.1) is 0 Å². The van der Waals surface area contributed by atoms with E-state index in [1.54, 1.807) is 0 Å². The third-order valence-electron chi connectivity index (χ3n) is 3.00. The predicted octanol–water partition coefficient (Wildman–Crippen LogP) is 3.28. The van der Waals surface area contributed by atoms with Gasteiger partial charge < -0.3 is 15.8 Å². The van der Waals surface area contributed by atoms with E-state index in [-0.39, 0.29) is 16.3 Å². The monoisotopic (exact) mass is 383 g/mol. The molecule has 3 N–H and O–H groups in total. The molecule has 0 bridgehead atoms. The Morgan fingerprint density at radius 2 is 1.92 bits per heavy atom. The number of carbonyl (C=O) groups is 2. The van der Waals surface area contributed by atoms with Crippen molar-refractivity contribution >= 4 is 52.1 Å². The summed E-state index contributed by atoms with van der Waals surface area (Å²) in [6.45, 7) is -0.601. The largest absolute Gasteiger partial charge is 0.452 e. The minimum absolute atomic E-state index is 0.0864. The van der Waals surface area contributed by atoms with E-state index in [0.29, 0.717) is 10.7 Å². The second kappa shape index (κ2) is 7.82. The number of anilines is 2. The first-order chi connectivity index (χ1) is 11.8. The van der Waals surface area contributed by atoms with Gasteiger partial charge >= 0.3 is 5.97 Å². The number of nitrogens with two attached hydrogens (primary N) is 1. The van der Waals surface area contributed by atoms with Crippen molar-refractivity contribution in [2.75, 3.05) is 17.7 Å². The molecule has 0 aliphatic heterocycles. The third kappa shape index (κ3) is 4.82. The smallest absolute Gasteiger partial charge is 0.338 e. The topological polar surface area (TPSA) is 125 Å². The molecule has 0 heterocycles. The number of nitro groups is 1. The van der Waals surface area contributed by atoms with Crippen molar-refractivity contribution in [1.29, 1.82) is 0 Å². The number of rotatable bonds is 5. The number of ether oxygens (including phenoxy) is 1. The Bertz CT molecular complexity index is 857. The summed E-state index contributed by atoms with van der Waals surface area (Å²) < 4.78 is 4.82. The number of nitrogen functional groups attached to an aromatic ring is 1. The molecule has 2 aromatic rings. The Kier molecular flexibility index (Phi) is 5.79. The van der Waals surface area contributed by atoms with Crippen LogP contribution >= 0.6 is 23.2 Å². The molecule has 10 heteroatoms. The highest BCUT2D eigenvalue weighted by Gasteiger charge is 2.17. The van der Waals surface area contributed by atoms with Crippen LogP contribution < -0.4 is 11.1 Å². The van der Waals surface area contributed by atoms with Crippen molar-refractivity contribution in [2.24, 2.45) is 0 Å². The van der Waals surface area contributed by atoms with Crippen molar-refractivity contribution < 1.29 is 19.2 Å². The van der Waals surface area contributed by atoms with Gasteiger partial charge in [0.1, 0.15) is 5.69 Å². The highest BCUT2D eigenvalue weighted by atomic mass is 35.5. The van der Waals surface area contributed by atoms with Gasteiger partial charge in [-0.05, 0) is 30.3 Å². The molecule has 2 aromatic carbocycles. The summed E-state index contributed by atoms with van der Waals surface area (Å²) in [7, 11) is 0. The minimum atomic E-state index is -0.902. The summed E-state index contributed by atoms with van der Waals surface area (Å²) >= 11 is 11.7. The van der Waals surface area contributed by atoms with Gasteiger partial charge in [-0.25, -0.2) is 4.79 Å². The van der Waals surface area contributed by atoms with Crippen LogP contribution in [0, 0.1) is 10.1 Å². The Balaban J connectivity index is 1.98. The normalized spacial score (nSPS) is 10.2. The second-order valence-corrected chi connectivity index (χ2v) is 5.62. The van der Waals surface area contributed by atoms with Gasteiger partial charge in [-0.3, -0.25) is 14.9 Å². The van der Waals surface area contributed by atoms with Crippen LogP contribution in [-0.2, 0) is 9.53 Å². The average molecular weight is 384 g/mol. The predicted molar refractivity (Wildman–Crippen MR) is 92.9 cm³/mol. The second-order valence-electron chi connectivity index (χ2n) is 4.78. The van der Waals surface area contributed by atoms with E-state index in [4.69, 9.17) is 33.7 Å². The zero-order valence-corrected chi connectivity index (χ0v) is 14.0. The number of amides is 1. The molecular weight excluding hydrogens is 373 g/mol. The molecule has 0 aliphatic carbocycles. The van der Waals surface area contributed by atoms with Crippen LogP contribution in [0.15, 0.2) is 36.4 Å². The van der Waals surface area contributed by atoms with E-state index in [1.807, 2.05) is 0 Å². The molecule has 0 fully saturated rings. The van der Waals surface area contributed by atoms with Crippen molar-refractivity contribution in [3.63, 3.8) is 0 Å². The van der Waals surface area contributed by atoms with Gasteiger partial charge in [0, 0.05) is 11.1 Å². The lowest BCUT2D eigenvalue weighted by atomic mass is 10.2. The fraction of sp³-hybridized carbons (Fsp3) is 0.0667. The van der Waals surface area contributed by atoms with Crippen LogP contribution in [0.2, 0.25) is 10.0 Å². The van der Waals surface area contributed by atoms with Crippen LogP contribution in [0.3, 0.4) is 0 Å². The molecule has 0 atom stereocenters. The highest BCUT2D eigenvalue weighted by molar-refractivity contribution is 6.36. The first-order valence-electron chi connectivity index (χ1n) is 6.74. The Labute approximate surface area is 151 Å². The molecule has 2 rings (SSSR count). The molecule has 0 radical (unpaired) electrons. The Morgan fingerprint density at radius 3 is 2.56 bits per heavy atom. The fourth-order valence-corrected chi connectivity index (χ4v) is 2.28. The number of nitrogens with one attached hydrogen (secondary N) is 1. The summed E-state index contributed by atoms with van der Waals surface area (Å²) in [6.07, 6.45) is 0. The van der Waals surface area contributed by atoms with Crippen LogP contribution in [0.5, 0.6) is 0 Å². The molecule has 8 nitrogen and oxygen atoms in total. The number of esters is 1. The third-order valence-corrected chi connectivity index (χ3v) is 3.55. The summed E-state index contributed by atoms with van der Waals surface area (Å²) in [5.41, 5.74) is 5.14. The molecule has 0 aromatic heterocycles. The number of hydrogen-bond acceptors (Lipinski definition) is 6. The number of hydrogen-bond donors (Lipinski definition) is 2. The summed E-state index contributed by atoms with van der Waals surface area (Å²) in [6, 6.07) is 7.92. The van der Waals surface area contributed by atoms with Crippen molar-refractivity contribution in [2.45, 2.75) is 0 Å². The molecular formula is C15H11Cl2N3O5. The van der Waals surface area contributed by atoms with Gasteiger partial charge in [-0.1, -0.05) is 23.2 Å². The lowest BCUT2D eigenvalue weighted by Crippen LogP contribution is -2.21. The van der Waals surface area contributed by atoms with Crippen LogP contribution in [0.1, 0.15) is 10.4 Å². The fourth-order valence-electron chi connectivity index (χ4n) is 1.82. The Morgan fingerprint density at radius 1 is 1.20 bits per heavy atom. The molecule has 0 spiro atoms. The maximum absolute atomic E-state index is 11.9. The van der Waals surface area contributed by atoms with E-state index >= 15 is 0 Å². The standard InChI is InChI=1S/C15H11Cl2N3O5/c16-9-2-4-12(10(17)6-9)19-14(21)7-25-15(22)8-1-3-11(18)13(5-8)20(23)24/h1-6H,7,18H2,(H,19,21). The Hall–Kier alpha value is -2.84. The highest BCUT2D eigenvalue weighted by Crippen LogP contribution is 2.25. The number of nitro benzene ring substituents is 1. The summed E-state index contributed by atoms with van der Waals surface area (Å²) in [5.74, 6) is -1.54. The average Bonchev–Trinajstić information content (AvgIpc) is 2.55. The molecule has 0 saturated carbocycles. The maximum atomic E-state index is 11.9. The van der Waals surface area contributed by atoms with E-state index in [1.165, 1.54) is 30.3 Å². The van der Waals surface area contributed by atoms with E-state index < -0.39 is 29.1 Å². The van der Waals surface area contributed by atoms with Crippen molar-refractivity contribution in [3.05, 3.63) is 62.1 Å². The molecule has 0 saturated heterocycles. The van der Waals surface area contributed by atoms with Crippen molar-refractivity contribution in [1.82, 2.24) is 0 Å². The van der Waals surface area contributed by atoms with Gasteiger partial charge in [0.2, 0.25) is 0 Å². The number of nitrogens with zero attached hydrogens (tertiary/aromatic N) is 1. The van der Waals surface area contributed by atoms with Gasteiger partial charge in [0.05, 0.1) is 21.2 Å². The zero-order valence-electron chi connectivity index (χ0n) is 12.5. The minimum Gasteiger partial charge on any atom is -0.452 e. The molecule has 1 amide bonds. The van der Waals surface area contributed by atoms with Crippen molar-refractivity contribution in [3.8, 4) is 0 Å². The van der Waals surface area contributed by atoms with Gasteiger partial charge in [0.15, 0.2) is 6.61 Å². The number of halogens is 2. The van der Waals surface area contributed by atoms with E-state index in [9.17, 15) is 19.7 Å². The zero-order chi connectivity index (χ0) is 18.6. The van der Waals surface area contributed by atoms with E-state index in [2.05, 4.69) is 5.32 Å². The lowest BCUT2D eigenvalue weighted by molar-refractivity contribution is -0.383. The molecule has 25 heavy (non-hydrogen) atoms. The van der Waals surface area contributed by atoms with Crippen LogP contribution in [-0.4, -0.2) is 23.4 Å². The quantitative estimate of drug-likeness (QED) is 0.353. The van der Waals surface area contributed by atoms with Gasteiger partial charge in [-0.2, -0.15) is 0 Å². The van der Waals surface area contributed by atoms with Crippen LogP contribution in [0.25, 0.3) is 0 Å². The SMILES string of the molecule is Nc1ccc(C(=O)OCC(=O)Nc2ccc(Cl)cc2Cl)cc1[N+](=O)[O-]. The molecule has 0 aliphatic rings. The molecule has 130 valence electrons. The summed E-state index contributed by atoms with van der Waals surface area (Å²) in [4.78, 5) is 33.8. The molecule has 0 unspecified atom stereocenters. The lowest BCUT2D eigenvalue weighted by Gasteiger charge is -2.08. The number of benzene rings is 2. The first kappa shape index (κ1) is 18.5. The first-order valence-corrected chi connectivity index (χ1v) is 7.49. The van der Waals surface area contributed by atoms with Gasteiger partial charge in [0.25, 0.3) is 11.6 Å². The van der Waals surface area contributed by atoms with Crippen LogP contribution in [0.4, 0.5) is 17.1 Å².